The van der Waals surface area contributed by atoms with E-state index in [1.807, 2.05) is 28.8 Å². The van der Waals surface area contributed by atoms with Crippen molar-refractivity contribution in [3.05, 3.63) is 57.6 Å². The molecule has 1 aliphatic rings. The summed E-state index contributed by atoms with van der Waals surface area (Å²) < 4.78 is 1.87. The average Bonchev–Trinajstić information content (AvgIpc) is 2.91. The zero-order valence-electron chi connectivity index (χ0n) is 12.5. The van der Waals surface area contributed by atoms with Crippen molar-refractivity contribution >= 4 is 16.7 Å². The van der Waals surface area contributed by atoms with Crippen LogP contribution in [-0.2, 0) is 0 Å². The largest absolute Gasteiger partial charge is 0.369 e. The quantitative estimate of drug-likeness (QED) is 0.746. The van der Waals surface area contributed by atoms with Gasteiger partial charge in [0.05, 0.1) is 22.9 Å². The van der Waals surface area contributed by atoms with Crippen molar-refractivity contribution in [1.29, 1.82) is 0 Å². The van der Waals surface area contributed by atoms with E-state index in [1.165, 1.54) is 0 Å². The summed E-state index contributed by atoms with van der Waals surface area (Å²) in [7, 11) is 0. The van der Waals surface area contributed by atoms with Crippen LogP contribution >= 0.6 is 0 Å². The van der Waals surface area contributed by atoms with E-state index in [9.17, 15) is 9.59 Å². The summed E-state index contributed by atoms with van der Waals surface area (Å²) >= 11 is 0. The first-order chi connectivity index (χ1) is 11.2. The number of hydrogen-bond acceptors (Lipinski definition) is 4. The number of hydrogen-bond donors (Lipinski definition) is 2. The lowest BCUT2D eigenvalue weighted by Crippen LogP contribution is -2.37. The van der Waals surface area contributed by atoms with Crippen molar-refractivity contribution in [2.75, 3.05) is 18.0 Å². The molecule has 1 aromatic carbocycles. The highest BCUT2D eigenvalue weighted by atomic mass is 16.1. The molecule has 0 saturated carbocycles. The Labute approximate surface area is 131 Å². The number of aromatic nitrogens is 4. The number of nitrogens with one attached hydrogen (secondary N) is 2. The molecule has 2 N–H and O–H groups in total. The molecule has 0 amide bonds. The van der Waals surface area contributed by atoms with Gasteiger partial charge in [-0.1, -0.05) is 12.1 Å². The van der Waals surface area contributed by atoms with Crippen molar-refractivity contribution in [3.63, 3.8) is 0 Å². The Morgan fingerprint density at radius 2 is 1.91 bits per heavy atom. The molecule has 3 aromatic rings. The lowest BCUT2D eigenvalue weighted by molar-refractivity contribution is 0.396. The molecule has 23 heavy (non-hydrogen) atoms. The van der Waals surface area contributed by atoms with Gasteiger partial charge in [0.1, 0.15) is 0 Å². The third-order valence-electron chi connectivity index (χ3n) is 4.48. The number of aromatic amines is 2. The smallest absolute Gasteiger partial charge is 0.345 e. The fourth-order valence-corrected chi connectivity index (χ4v) is 3.33. The number of H-pyrrole nitrogens is 2. The van der Waals surface area contributed by atoms with Crippen LogP contribution in [0.25, 0.3) is 11.0 Å². The van der Waals surface area contributed by atoms with E-state index in [4.69, 9.17) is 0 Å². The van der Waals surface area contributed by atoms with Crippen molar-refractivity contribution in [3.8, 4) is 0 Å². The molecule has 7 nitrogen and oxygen atoms in total. The van der Waals surface area contributed by atoms with Gasteiger partial charge in [-0.2, -0.15) is 4.98 Å². The van der Waals surface area contributed by atoms with Crippen molar-refractivity contribution in [1.82, 2.24) is 19.5 Å². The lowest BCUT2D eigenvalue weighted by Gasteiger charge is -2.33. The highest BCUT2D eigenvalue weighted by molar-refractivity contribution is 5.75. The Bertz CT molecular complexity index is 926. The molecule has 0 bridgehead atoms. The zero-order chi connectivity index (χ0) is 15.8. The van der Waals surface area contributed by atoms with Crippen LogP contribution in [0.4, 0.5) is 5.69 Å². The van der Waals surface area contributed by atoms with E-state index in [1.54, 1.807) is 12.4 Å². The Kier molecular flexibility index (Phi) is 3.25. The number of rotatable bonds is 2. The van der Waals surface area contributed by atoms with E-state index in [-0.39, 0.29) is 17.4 Å². The fraction of sp³-hybridized carbons (Fsp3) is 0.312. The van der Waals surface area contributed by atoms with Gasteiger partial charge in [0.2, 0.25) is 0 Å². The summed E-state index contributed by atoms with van der Waals surface area (Å²) in [5, 5.41) is 0. The topological polar surface area (TPSA) is 86.8 Å². The van der Waals surface area contributed by atoms with Gasteiger partial charge in [-0.05, 0) is 25.0 Å². The number of anilines is 1. The maximum absolute atomic E-state index is 12.3. The molecule has 1 aliphatic heterocycles. The molecule has 3 heterocycles. The Hall–Kier alpha value is -2.83. The Balaban J connectivity index is 1.57. The van der Waals surface area contributed by atoms with Gasteiger partial charge < -0.3 is 14.9 Å². The first-order valence-corrected chi connectivity index (χ1v) is 7.71. The Morgan fingerprint density at radius 1 is 1.13 bits per heavy atom. The second-order valence-electron chi connectivity index (χ2n) is 5.81. The predicted molar refractivity (Wildman–Crippen MR) is 87.9 cm³/mol. The van der Waals surface area contributed by atoms with Crippen LogP contribution in [0.3, 0.4) is 0 Å². The van der Waals surface area contributed by atoms with Crippen LogP contribution in [0.1, 0.15) is 18.9 Å². The van der Waals surface area contributed by atoms with Gasteiger partial charge in [-0.3, -0.25) is 4.57 Å². The minimum Gasteiger partial charge on any atom is -0.369 e. The summed E-state index contributed by atoms with van der Waals surface area (Å²) in [5.41, 5.74) is 2.37. The first kappa shape index (κ1) is 13.8. The molecule has 1 fully saturated rings. The van der Waals surface area contributed by atoms with Gasteiger partial charge in [-0.25, -0.2) is 9.59 Å². The summed E-state index contributed by atoms with van der Waals surface area (Å²) in [5.74, 6) is 0. The van der Waals surface area contributed by atoms with Gasteiger partial charge in [-0.15, -0.1) is 0 Å². The van der Waals surface area contributed by atoms with Crippen LogP contribution in [-0.4, -0.2) is 32.6 Å². The molecule has 4 rings (SSSR count). The summed E-state index contributed by atoms with van der Waals surface area (Å²) in [6.45, 7) is 1.65. The van der Waals surface area contributed by atoms with Crippen molar-refractivity contribution in [2.45, 2.75) is 18.9 Å². The third kappa shape index (κ3) is 2.44. The van der Waals surface area contributed by atoms with E-state index >= 15 is 0 Å². The summed E-state index contributed by atoms with van der Waals surface area (Å²) in [4.78, 5) is 34.8. The van der Waals surface area contributed by atoms with Gasteiger partial charge in [0.25, 0.3) is 0 Å². The summed E-state index contributed by atoms with van der Waals surface area (Å²) in [6.07, 6.45) is 5.03. The minimum absolute atomic E-state index is 0.0460. The molecule has 0 radical (unpaired) electrons. The van der Waals surface area contributed by atoms with Gasteiger partial charge in [0, 0.05) is 25.3 Å². The van der Waals surface area contributed by atoms with Crippen molar-refractivity contribution in [2.24, 2.45) is 0 Å². The molecule has 0 atom stereocenters. The predicted octanol–water partition coefficient (Wildman–Crippen LogP) is 1.25. The van der Waals surface area contributed by atoms with Crippen LogP contribution in [0.2, 0.25) is 0 Å². The van der Waals surface area contributed by atoms with E-state index in [2.05, 4.69) is 19.9 Å². The van der Waals surface area contributed by atoms with Crippen LogP contribution in [0, 0.1) is 0 Å². The number of imidazole rings is 1. The van der Waals surface area contributed by atoms with E-state index in [0.29, 0.717) is 0 Å². The number of piperidine rings is 1. The van der Waals surface area contributed by atoms with Gasteiger partial charge in [0.15, 0.2) is 0 Å². The monoisotopic (exact) mass is 311 g/mol. The number of benzene rings is 1. The second-order valence-corrected chi connectivity index (χ2v) is 5.81. The van der Waals surface area contributed by atoms with E-state index in [0.717, 1.165) is 42.7 Å². The fourth-order valence-electron chi connectivity index (χ4n) is 3.33. The van der Waals surface area contributed by atoms with E-state index < -0.39 is 0 Å². The third-order valence-corrected chi connectivity index (χ3v) is 4.48. The number of para-hydroxylation sites is 2. The van der Waals surface area contributed by atoms with Crippen LogP contribution < -0.4 is 16.3 Å². The van der Waals surface area contributed by atoms with Gasteiger partial charge >= 0.3 is 11.4 Å². The molecule has 0 spiro atoms. The maximum Gasteiger partial charge on any atom is 0.345 e. The van der Waals surface area contributed by atoms with Crippen LogP contribution in [0.15, 0.2) is 46.2 Å². The summed E-state index contributed by atoms with van der Waals surface area (Å²) in [6, 6.07) is 7.96. The lowest BCUT2D eigenvalue weighted by atomic mass is 10.0. The van der Waals surface area contributed by atoms with Crippen LogP contribution in [0.5, 0.6) is 0 Å². The molecule has 7 heteroatoms. The minimum atomic E-state index is -0.339. The highest BCUT2D eigenvalue weighted by Crippen LogP contribution is 2.26. The maximum atomic E-state index is 12.3. The molecule has 0 aliphatic carbocycles. The second kappa shape index (κ2) is 5.42. The molecule has 1 saturated heterocycles. The SMILES string of the molecule is O=c1ncc(N2CCC(n3c(=O)[nH]c4ccccc43)CC2)c[nH]1. The number of fused-ring (bicyclic) bond motifs is 1. The molecule has 2 aromatic heterocycles. The molecule has 118 valence electrons. The normalized spacial score (nSPS) is 16.1. The number of nitrogens with zero attached hydrogens (tertiary/aromatic N) is 3. The molecular weight excluding hydrogens is 294 g/mol. The zero-order valence-corrected chi connectivity index (χ0v) is 12.5. The van der Waals surface area contributed by atoms with Crippen molar-refractivity contribution < 1.29 is 0 Å². The highest BCUT2D eigenvalue weighted by Gasteiger charge is 2.23. The average molecular weight is 311 g/mol. The molecular formula is C16H17N5O2. The first-order valence-electron chi connectivity index (χ1n) is 7.71. The Morgan fingerprint density at radius 3 is 2.65 bits per heavy atom. The standard InChI is InChI=1S/C16H17N5O2/c22-15-17-9-12(10-18-15)20-7-5-11(6-8-20)21-14-4-2-1-3-13(14)19-16(21)23/h1-4,9-11H,5-8H2,(H,19,23)(H,17,18,22). The molecule has 0 unspecified atom stereocenters.